The van der Waals surface area contributed by atoms with E-state index in [0.29, 0.717) is 23.1 Å². The number of nitrogens with one attached hydrogen (secondary N) is 1. The summed E-state index contributed by atoms with van der Waals surface area (Å²) >= 11 is 5.84. The van der Waals surface area contributed by atoms with E-state index in [1.165, 1.54) is 0 Å². The summed E-state index contributed by atoms with van der Waals surface area (Å²) in [5.41, 5.74) is 5.07. The maximum atomic E-state index is 12.1. The van der Waals surface area contributed by atoms with Gasteiger partial charge in [0.2, 0.25) is 0 Å². The molecule has 0 saturated heterocycles. The molecule has 0 saturated carbocycles. The van der Waals surface area contributed by atoms with Gasteiger partial charge < -0.3 is 4.74 Å². The van der Waals surface area contributed by atoms with Gasteiger partial charge in [-0.05, 0) is 61.2 Å². The molecule has 0 radical (unpaired) electrons. The Labute approximate surface area is 153 Å². The minimum atomic E-state index is -0.215. The van der Waals surface area contributed by atoms with Crippen LogP contribution < -0.4 is 10.2 Å². The third-order valence-corrected chi connectivity index (χ3v) is 4.35. The van der Waals surface area contributed by atoms with Crippen molar-refractivity contribution in [2.45, 2.75) is 33.8 Å². The molecule has 1 amide bonds. The highest BCUT2D eigenvalue weighted by Gasteiger charge is 2.07. The highest BCUT2D eigenvalue weighted by atomic mass is 35.5. The molecule has 2 aromatic rings. The summed E-state index contributed by atoms with van der Waals surface area (Å²) in [5.74, 6) is 0.890. The monoisotopic (exact) mass is 358 g/mol. The van der Waals surface area contributed by atoms with Crippen molar-refractivity contribution in [2.75, 3.05) is 0 Å². The maximum Gasteiger partial charge on any atom is 0.271 e. The molecule has 0 fully saturated rings. The number of rotatable bonds is 7. The second-order valence-electron chi connectivity index (χ2n) is 5.94. The van der Waals surface area contributed by atoms with Crippen LogP contribution >= 0.6 is 11.6 Å². The number of nitrogens with zero attached hydrogens (tertiary/aromatic N) is 1. The van der Waals surface area contributed by atoms with Gasteiger partial charge in [0, 0.05) is 16.3 Å². The third kappa shape index (κ3) is 5.91. The molecule has 0 aliphatic rings. The quantitative estimate of drug-likeness (QED) is 0.554. The second kappa shape index (κ2) is 9.23. The Bertz CT molecular complexity index is 724. The summed E-state index contributed by atoms with van der Waals surface area (Å²) in [6, 6.07) is 14.5. The lowest BCUT2D eigenvalue weighted by Crippen LogP contribution is -2.21. The summed E-state index contributed by atoms with van der Waals surface area (Å²) in [5, 5.41) is 4.83. The van der Waals surface area contributed by atoms with Crippen molar-refractivity contribution in [3.8, 4) is 5.75 Å². The van der Waals surface area contributed by atoms with Gasteiger partial charge in [-0.25, -0.2) is 5.43 Å². The number of carbonyl (C=O) groups excluding carboxylic acids is 1. The predicted octanol–water partition coefficient (Wildman–Crippen LogP) is 5.07. The van der Waals surface area contributed by atoms with Gasteiger partial charge in [0.15, 0.2) is 0 Å². The molecule has 2 aromatic carbocycles. The molecule has 0 aliphatic heterocycles. The number of ether oxygens (including phenoxy) is 1. The van der Waals surface area contributed by atoms with Crippen LogP contribution in [-0.2, 0) is 6.61 Å². The highest BCUT2D eigenvalue weighted by Crippen LogP contribution is 2.17. The topological polar surface area (TPSA) is 50.7 Å². The molecule has 25 heavy (non-hydrogen) atoms. The van der Waals surface area contributed by atoms with Crippen LogP contribution in [0.1, 0.15) is 43.1 Å². The van der Waals surface area contributed by atoms with Crippen LogP contribution in [0.3, 0.4) is 0 Å². The molecular weight excluding hydrogens is 336 g/mol. The maximum absolute atomic E-state index is 12.1. The van der Waals surface area contributed by atoms with Crippen LogP contribution in [0.5, 0.6) is 5.75 Å². The summed E-state index contributed by atoms with van der Waals surface area (Å²) in [6.45, 7) is 6.53. The van der Waals surface area contributed by atoms with Gasteiger partial charge in [0.25, 0.3) is 5.91 Å². The lowest BCUT2D eigenvalue weighted by atomic mass is 10.1. The number of hydrogen-bond donors (Lipinski definition) is 1. The first-order chi connectivity index (χ1) is 12.0. The Morgan fingerprint density at radius 3 is 2.40 bits per heavy atom. The van der Waals surface area contributed by atoms with E-state index in [-0.39, 0.29) is 5.91 Å². The zero-order chi connectivity index (χ0) is 18.2. The molecular formula is C20H23ClN2O2. The summed E-state index contributed by atoms with van der Waals surface area (Å²) in [7, 11) is 0. The Morgan fingerprint density at radius 2 is 1.80 bits per heavy atom. The third-order valence-electron chi connectivity index (χ3n) is 4.09. The van der Waals surface area contributed by atoms with Gasteiger partial charge in [-0.3, -0.25) is 4.79 Å². The summed E-state index contributed by atoms with van der Waals surface area (Å²) < 4.78 is 5.68. The lowest BCUT2D eigenvalue weighted by molar-refractivity contribution is 0.0954. The van der Waals surface area contributed by atoms with Crippen LogP contribution in [0, 0.1) is 5.92 Å². The van der Waals surface area contributed by atoms with Crippen molar-refractivity contribution >= 4 is 23.2 Å². The zero-order valence-corrected chi connectivity index (χ0v) is 15.5. The van der Waals surface area contributed by atoms with E-state index in [9.17, 15) is 4.79 Å². The first-order valence-corrected chi connectivity index (χ1v) is 8.69. The lowest BCUT2D eigenvalue weighted by Gasteiger charge is -2.09. The van der Waals surface area contributed by atoms with E-state index < -0.39 is 0 Å². The van der Waals surface area contributed by atoms with Crippen LogP contribution in [-0.4, -0.2) is 11.6 Å². The van der Waals surface area contributed by atoms with Gasteiger partial charge in [-0.1, -0.05) is 37.6 Å². The fourth-order valence-corrected chi connectivity index (χ4v) is 2.18. The molecule has 0 unspecified atom stereocenters. The standard InChI is InChI=1S/C20H23ClN2O2/c1-4-14(2)15(3)22-23-20(24)17-7-5-16(6-8-17)13-25-19-11-9-18(21)10-12-19/h5-12,14H,4,13H2,1-3H3,(H,23,24)/b22-15-/t14-/m1/s1. The Hall–Kier alpha value is -2.33. The van der Waals surface area contributed by atoms with Crippen LogP contribution in [0.2, 0.25) is 5.02 Å². The largest absolute Gasteiger partial charge is 0.489 e. The number of hydrogen-bond acceptors (Lipinski definition) is 3. The van der Waals surface area contributed by atoms with Crippen LogP contribution in [0.15, 0.2) is 53.6 Å². The number of benzene rings is 2. The van der Waals surface area contributed by atoms with E-state index >= 15 is 0 Å². The van der Waals surface area contributed by atoms with Crippen LogP contribution in [0.4, 0.5) is 0 Å². The molecule has 0 heterocycles. The normalized spacial score (nSPS) is 12.6. The molecule has 4 nitrogen and oxygen atoms in total. The van der Waals surface area contributed by atoms with Crippen molar-refractivity contribution in [3.05, 3.63) is 64.7 Å². The fraction of sp³-hybridized carbons (Fsp3) is 0.300. The fourth-order valence-electron chi connectivity index (χ4n) is 2.06. The smallest absolute Gasteiger partial charge is 0.271 e. The SMILES string of the molecule is CC[C@@H](C)/C(C)=N\NC(=O)c1ccc(COc2ccc(Cl)cc2)cc1. The molecule has 1 N–H and O–H groups in total. The van der Waals surface area contributed by atoms with Crippen molar-refractivity contribution in [2.24, 2.45) is 11.0 Å². The van der Waals surface area contributed by atoms with Gasteiger partial charge >= 0.3 is 0 Å². The van der Waals surface area contributed by atoms with E-state index in [1.54, 1.807) is 24.3 Å². The first kappa shape index (κ1) is 19.0. The first-order valence-electron chi connectivity index (χ1n) is 8.31. The molecule has 2 rings (SSSR count). The number of carbonyl (C=O) groups is 1. The van der Waals surface area contributed by atoms with Crippen molar-refractivity contribution in [1.29, 1.82) is 0 Å². The Kier molecular flexibility index (Phi) is 7.02. The number of halogens is 1. The van der Waals surface area contributed by atoms with Crippen molar-refractivity contribution < 1.29 is 9.53 Å². The number of amides is 1. The minimum absolute atomic E-state index is 0.215. The van der Waals surface area contributed by atoms with Crippen molar-refractivity contribution in [1.82, 2.24) is 5.43 Å². The molecule has 0 aromatic heterocycles. The molecule has 5 heteroatoms. The average Bonchev–Trinajstić information content (AvgIpc) is 2.65. The van der Waals surface area contributed by atoms with Gasteiger partial charge in [0.05, 0.1) is 0 Å². The Balaban J connectivity index is 1.90. The van der Waals surface area contributed by atoms with E-state index in [0.717, 1.165) is 23.4 Å². The number of hydrazone groups is 1. The summed E-state index contributed by atoms with van der Waals surface area (Å²) in [4.78, 5) is 12.1. The van der Waals surface area contributed by atoms with Crippen molar-refractivity contribution in [3.63, 3.8) is 0 Å². The minimum Gasteiger partial charge on any atom is -0.489 e. The van der Waals surface area contributed by atoms with Gasteiger partial charge in [-0.15, -0.1) is 0 Å². The van der Waals surface area contributed by atoms with Crippen LogP contribution in [0.25, 0.3) is 0 Å². The average molecular weight is 359 g/mol. The van der Waals surface area contributed by atoms with E-state index in [2.05, 4.69) is 24.4 Å². The van der Waals surface area contributed by atoms with Gasteiger partial charge in [0.1, 0.15) is 12.4 Å². The van der Waals surface area contributed by atoms with E-state index in [4.69, 9.17) is 16.3 Å². The van der Waals surface area contributed by atoms with E-state index in [1.807, 2.05) is 31.2 Å². The highest BCUT2D eigenvalue weighted by molar-refractivity contribution is 6.30. The molecule has 0 spiro atoms. The zero-order valence-electron chi connectivity index (χ0n) is 14.8. The second-order valence-corrected chi connectivity index (χ2v) is 6.38. The molecule has 0 aliphatic carbocycles. The molecule has 0 bridgehead atoms. The van der Waals surface area contributed by atoms with Gasteiger partial charge in [-0.2, -0.15) is 5.10 Å². The Morgan fingerprint density at radius 1 is 1.16 bits per heavy atom. The molecule has 1 atom stereocenters. The predicted molar refractivity (Wildman–Crippen MR) is 102 cm³/mol. The summed E-state index contributed by atoms with van der Waals surface area (Å²) in [6.07, 6.45) is 0.994. The molecule has 132 valence electrons.